The highest BCUT2D eigenvalue weighted by Crippen LogP contribution is 2.20. The molecule has 1 N–H and O–H groups in total. The van der Waals surface area contributed by atoms with E-state index in [1.165, 1.54) is 25.7 Å². The molecule has 4 heteroatoms. The van der Waals surface area contributed by atoms with Crippen molar-refractivity contribution in [1.82, 2.24) is 15.5 Å². The second-order valence-corrected chi connectivity index (χ2v) is 4.51. The number of aryl methyl sites for hydroxylation is 1. The number of hydrogen-bond acceptors (Lipinski definition) is 4. The zero-order chi connectivity index (χ0) is 11.2. The fourth-order valence-electron chi connectivity index (χ4n) is 2.12. The van der Waals surface area contributed by atoms with Crippen LogP contribution in [0.25, 0.3) is 0 Å². The predicted molar refractivity (Wildman–Crippen MR) is 62.1 cm³/mol. The van der Waals surface area contributed by atoms with Gasteiger partial charge in [-0.2, -0.15) is 4.98 Å². The van der Waals surface area contributed by atoms with E-state index in [4.69, 9.17) is 4.52 Å². The van der Waals surface area contributed by atoms with Gasteiger partial charge in [0, 0.05) is 6.42 Å². The molecular formula is C12H21N3O. The van der Waals surface area contributed by atoms with Crippen molar-refractivity contribution in [1.29, 1.82) is 0 Å². The molecule has 1 unspecified atom stereocenters. The van der Waals surface area contributed by atoms with Crippen molar-refractivity contribution in [2.24, 2.45) is 0 Å². The largest absolute Gasteiger partial charge is 0.339 e. The zero-order valence-electron chi connectivity index (χ0n) is 10.0. The Hall–Kier alpha value is -0.900. The minimum Gasteiger partial charge on any atom is -0.339 e. The molecule has 1 aromatic heterocycles. The van der Waals surface area contributed by atoms with Crippen molar-refractivity contribution in [3.63, 3.8) is 0 Å². The molecule has 1 aliphatic rings. The highest BCUT2D eigenvalue weighted by atomic mass is 16.5. The van der Waals surface area contributed by atoms with Gasteiger partial charge in [-0.25, -0.2) is 0 Å². The van der Waals surface area contributed by atoms with Crippen molar-refractivity contribution in [2.45, 2.75) is 57.9 Å². The third kappa shape index (κ3) is 3.04. The first-order valence-electron chi connectivity index (χ1n) is 6.46. The van der Waals surface area contributed by atoms with Crippen LogP contribution in [-0.4, -0.2) is 16.7 Å². The molecule has 0 aromatic carbocycles. The van der Waals surface area contributed by atoms with E-state index < -0.39 is 0 Å². The van der Waals surface area contributed by atoms with Gasteiger partial charge >= 0.3 is 0 Å². The lowest BCUT2D eigenvalue weighted by Crippen LogP contribution is -2.14. The Morgan fingerprint density at radius 1 is 1.38 bits per heavy atom. The minimum absolute atomic E-state index is 0.327. The average molecular weight is 223 g/mol. The summed E-state index contributed by atoms with van der Waals surface area (Å²) in [5, 5.41) is 7.43. The molecular weight excluding hydrogens is 202 g/mol. The van der Waals surface area contributed by atoms with Crippen LogP contribution in [0.5, 0.6) is 0 Å². The van der Waals surface area contributed by atoms with Gasteiger partial charge in [0.2, 0.25) is 5.89 Å². The predicted octanol–water partition coefficient (Wildman–Crippen LogP) is 2.62. The summed E-state index contributed by atoms with van der Waals surface area (Å²) >= 11 is 0. The molecule has 0 saturated carbocycles. The van der Waals surface area contributed by atoms with Gasteiger partial charge < -0.3 is 9.84 Å². The third-order valence-electron chi connectivity index (χ3n) is 3.10. The summed E-state index contributed by atoms with van der Waals surface area (Å²) in [6, 6.07) is 0.327. The van der Waals surface area contributed by atoms with Crippen molar-refractivity contribution >= 4 is 0 Å². The second-order valence-electron chi connectivity index (χ2n) is 4.51. The van der Waals surface area contributed by atoms with Crippen LogP contribution in [0.15, 0.2) is 4.52 Å². The topological polar surface area (TPSA) is 51.0 Å². The van der Waals surface area contributed by atoms with Gasteiger partial charge in [-0.3, -0.25) is 0 Å². The average Bonchev–Trinajstić information content (AvgIpc) is 2.94. The van der Waals surface area contributed by atoms with Crippen LogP contribution in [0, 0.1) is 0 Å². The summed E-state index contributed by atoms with van der Waals surface area (Å²) in [6.07, 6.45) is 8.26. The van der Waals surface area contributed by atoms with Gasteiger partial charge in [0.25, 0.3) is 0 Å². The Morgan fingerprint density at radius 2 is 2.31 bits per heavy atom. The third-order valence-corrected chi connectivity index (χ3v) is 3.10. The number of nitrogens with one attached hydrogen (secondary N) is 1. The van der Waals surface area contributed by atoms with Crippen LogP contribution < -0.4 is 5.32 Å². The number of unbranched alkanes of at least 4 members (excludes halogenated alkanes) is 3. The molecule has 0 amide bonds. The summed E-state index contributed by atoms with van der Waals surface area (Å²) in [6.45, 7) is 3.29. The van der Waals surface area contributed by atoms with E-state index >= 15 is 0 Å². The van der Waals surface area contributed by atoms with Crippen molar-refractivity contribution in [3.05, 3.63) is 11.7 Å². The highest BCUT2D eigenvalue weighted by molar-refractivity contribution is 4.96. The van der Waals surface area contributed by atoms with Gasteiger partial charge in [0.05, 0.1) is 6.04 Å². The molecule has 0 radical (unpaired) electrons. The fourth-order valence-corrected chi connectivity index (χ4v) is 2.12. The first kappa shape index (κ1) is 11.6. The molecule has 1 saturated heterocycles. The first-order valence-corrected chi connectivity index (χ1v) is 6.46. The Labute approximate surface area is 96.8 Å². The van der Waals surface area contributed by atoms with Gasteiger partial charge in [-0.1, -0.05) is 31.3 Å². The molecule has 2 rings (SSSR count). The number of rotatable bonds is 6. The van der Waals surface area contributed by atoms with Crippen LogP contribution in [0.3, 0.4) is 0 Å². The fraction of sp³-hybridized carbons (Fsp3) is 0.833. The van der Waals surface area contributed by atoms with Gasteiger partial charge in [0.1, 0.15) is 0 Å². The molecule has 4 nitrogen and oxygen atoms in total. The Balaban J connectivity index is 1.77. The Morgan fingerprint density at radius 3 is 3.06 bits per heavy atom. The van der Waals surface area contributed by atoms with E-state index in [1.54, 1.807) is 0 Å². The molecule has 1 aromatic rings. The Kier molecular flexibility index (Phi) is 4.34. The smallest absolute Gasteiger partial charge is 0.226 e. The molecule has 0 aliphatic carbocycles. The summed E-state index contributed by atoms with van der Waals surface area (Å²) in [5.41, 5.74) is 0. The van der Waals surface area contributed by atoms with E-state index in [0.717, 1.165) is 37.5 Å². The molecule has 1 aliphatic heterocycles. The first-order chi connectivity index (χ1) is 7.90. The standard InChI is InChI=1S/C12H21N3O/c1-2-3-4-5-8-11-14-12(15-16-11)10-7-6-9-13-10/h10,13H,2-9H2,1H3. The number of hydrogen-bond donors (Lipinski definition) is 1. The molecule has 0 bridgehead atoms. The SMILES string of the molecule is CCCCCCc1nc(C2CCCN2)no1. The molecule has 1 fully saturated rings. The van der Waals surface area contributed by atoms with Crippen molar-refractivity contribution < 1.29 is 4.52 Å². The van der Waals surface area contributed by atoms with Crippen LogP contribution in [0.2, 0.25) is 0 Å². The van der Waals surface area contributed by atoms with E-state index in [2.05, 4.69) is 22.4 Å². The quantitative estimate of drug-likeness (QED) is 0.753. The summed E-state index contributed by atoms with van der Waals surface area (Å²) in [4.78, 5) is 4.45. The molecule has 90 valence electrons. The van der Waals surface area contributed by atoms with Crippen LogP contribution in [0.4, 0.5) is 0 Å². The summed E-state index contributed by atoms with van der Waals surface area (Å²) in [5.74, 6) is 1.66. The van der Waals surface area contributed by atoms with Crippen molar-refractivity contribution in [3.8, 4) is 0 Å². The molecule has 2 heterocycles. The summed E-state index contributed by atoms with van der Waals surface area (Å²) in [7, 11) is 0. The van der Waals surface area contributed by atoms with E-state index in [-0.39, 0.29) is 0 Å². The normalized spacial score (nSPS) is 20.4. The maximum Gasteiger partial charge on any atom is 0.226 e. The molecule has 0 spiro atoms. The lowest BCUT2D eigenvalue weighted by atomic mass is 10.1. The molecule has 16 heavy (non-hydrogen) atoms. The number of aromatic nitrogens is 2. The maximum atomic E-state index is 5.26. The Bertz CT molecular complexity index is 305. The van der Waals surface area contributed by atoms with Crippen LogP contribution in [0.1, 0.15) is 63.2 Å². The molecule has 1 atom stereocenters. The van der Waals surface area contributed by atoms with Gasteiger partial charge in [-0.15, -0.1) is 0 Å². The lowest BCUT2D eigenvalue weighted by Gasteiger charge is -2.01. The van der Waals surface area contributed by atoms with E-state index in [0.29, 0.717) is 6.04 Å². The highest BCUT2D eigenvalue weighted by Gasteiger charge is 2.21. The maximum absolute atomic E-state index is 5.26. The van der Waals surface area contributed by atoms with E-state index in [9.17, 15) is 0 Å². The minimum atomic E-state index is 0.327. The van der Waals surface area contributed by atoms with E-state index in [1.807, 2.05) is 0 Å². The number of nitrogens with zero attached hydrogens (tertiary/aromatic N) is 2. The van der Waals surface area contributed by atoms with Crippen molar-refractivity contribution in [2.75, 3.05) is 6.54 Å². The lowest BCUT2D eigenvalue weighted by molar-refractivity contribution is 0.364. The van der Waals surface area contributed by atoms with Crippen LogP contribution >= 0.6 is 0 Å². The van der Waals surface area contributed by atoms with Gasteiger partial charge in [-0.05, 0) is 25.8 Å². The second kappa shape index (κ2) is 5.99. The summed E-state index contributed by atoms with van der Waals surface area (Å²) < 4.78 is 5.26. The zero-order valence-corrected chi connectivity index (χ0v) is 10.0. The monoisotopic (exact) mass is 223 g/mol. The van der Waals surface area contributed by atoms with Crippen LogP contribution in [-0.2, 0) is 6.42 Å². The van der Waals surface area contributed by atoms with Gasteiger partial charge in [0.15, 0.2) is 5.82 Å².